The first-order valence-electron chi connectivity index (χ1n) is 10.0. The zero-order valence-corrected chi connectivity index (χ0v) is 16.9. The fraction of sp³-hybridized carbons (Fsp3) is 0.571. The van der Waals surface area contributed by atoms with E-state index in [-0.39, 0.29) is 37.0 Å². The largest absolute Gasteiger partial charge is 0.395 e. The SMILES string of the molecule is CNC(=O)[C@@H]1[C@@H]2CCC3(O2)C(C(=O)Nc2c(C)cccc2C)N(CCO)C(=O)[C@H]13. The quantitative estimate of drug-likeness (QED) is 0.660. The van der Waals surface area contributed by atoms with Crippen LogP contribution in [0.5, 0.6) is 0 Å². The highest BCUT2D eigenvalue weighted by Crippen LogP contribution is 2.58. The Hall–Kier alpha value is -2.45. The lowest BCUT2D eigenvalue weighted by Crippen LogP contribution is -2.53. The molecule has 8 nitrogen and oxygen atoms in total. The van der Waals surface area contributed by atoms with Gasteiger partial charge in [-0.25, -0.2) is 0 Å². The maximum atomic E-state index is 13.5. The number of aliphatic hydroxyl groups excluding tert-OH is 1. The summed E-state index contributed by atoms with van der Waals surface area (Å²) in [5.41, 5.74) is 1.52. The van der Waals surface area contributed by atoms with Gasteiger partial charge in [-0.05, 0) is 37.8 Å². The highest BCUT2D eigenvalue weighted by Gasteiger charge is 2.74. The summed E-state index contributed by atoms with van der Waals surface area (Å²) in [6.45, 7) is 3.58. The summed E-state index contributed by atoms with van der Waals surface area (Å²) in [7, 11) is 1.54. The predicted octanol–water partition coefficient (Wildman–Crippen LogP) is 0.355. The summed E-state index contributed by atoms with van der Waals surface area (Å²) in [6.07, 6.45) is 0.798. The number of β-amino-alcohol motifs (C(OH)–C–C–N with tert-alkyl or cyclic N) is 1. The van der Waals surface area contributed by atoms with E-state index in [1.54, 1.807) is 0 Å². The van der Waals surface area contributed by atoms with Crippen LogP contribution in [-0.4, -0.2) is 65.7 Å². The van der Waals surface area contributed by atoms with E-state index in [4.69, 9.17) is 4.74 Å². The van der Waals surface area contributed by atoms with Crippen molar-refractivity contribution in [3.63, 3.8) is 0 Å². The van der Waals surface area contributed by atoms with Gasteiger partial charge < -0.3 is 25.4 Å². The molecule has 3 N–H and O–H groups in total. The Bertz CT molecular complexity index is 852. The van der Waals surface area contributed by atoms with Gasteiger partial charge in [-0.1, -0.05) is 18.2 Å². The number of likely N-dealkylation sites (tertiary alicyclic amines) is 1. The minimum Gasteiger partial charge on any atom is -0.395 e. The molecule has 3 fully saturated rings. The molecule has 0 aromatic heterocycles. The maximum Gasteiger partial charge on any atom is 0.250 e. The summed E-state index contributed by atoms with van der Waals surface area (Å²) in [4.78, 5) is 40.6. The average Bonchev–Trinajstić information content (AvgIpc) is 3.32. The number of nitrogens with one attached hydrogen (secondary N) is 2. The molecule has 0 aliphatic carbocycles. The van der Waals surface area contributed by atoms with Gasteiger partial charge in [0.05, 0.1) is 24.5 Å². The predicted molar refractivity (Wildman–Crippen MR) is 105 cm³/mol. The molecular weight excluding hydrogens is 374 g/mol. The van der Waals surface area contributed by atoms with E-state index in [0.29, 0.717) is 18.5 Å². The van der Waals surface area contributed by atoms with Gasteiger partial charge in [0.1, 0.15) is 11.6 Å². The standard InChI is InChI=1S/C21H27N3O5/c1-11-5-4-6-12(2)16(11)23-19(27)17-21-8-7-13(29-21)14(18(26)22-3)15(21)20(28)24(17)9-10-25/h4-6,13-15,17,25H,7-10H2,1-3H3,(H,22,26)(H,23,27)/t13-,14+,15-,17?,21?/m0/s1. The average molecular weight is 401 g/mol. The molecule has 2 bridgehead atoms. The second-order valence-electron chi connectivity index (χ2n) is 8.18. The lowest BCUT2D eigenvalue weighted by molar-refractivity contribution is -0.141. The van der Waals surface area contributed by atoms with Crippen LogP contribution in [0.3, 0.4) is 0 Å². The number of anilines is 1. The Morgan fingerprint density at radius 1 is 1.28 bits per heavy atom. The maximum absolute atomic E-state index is 13.5. The summed E-state index contributed by atoms with van der Waals surface area (Å²) < 4.78 is 6.23. The van der Waals surface area contributed by atoms with Crippen molar-refractivity contribution in [2.75, 3.05) is 25.5 Å². The van der Waals surface area contributed by atoms with Gasteiger partial charge in [0.15, 0.2) is 0 Å². The van der Waals surface area contributed by atoms with E-state index in [1.165, 1.54) is 11.9 Å². The summed E-state index contributed by atoms with van der Waals surface area (Å²) in [6, 6.07) is 4.86. The number of aryl methyl sites for hydroxylation is 2. The van der Waals surface area contributed by atoms with Gasteiger partial charge in [0.25, 0.3) is 0 Å². The third kappa shape index (κ3) is 2.77. The fourth-order valence-electron chi connectivity index (χ4n) is 5.47. The number of carbonyl (C=O) groups excluding carboxylic acids is 3. The number of aliphatic hydroxyl groups is 1. The first kappa shape index (κ1) is 19.8. The molecule has 1 aromatic carbocycles. The Morgan fingerprint density at radius 2 is 1.97 bits per heavy atom. The molecule has 8 heteroatoms. The molecule has 3 aliphatic heterocycles. The van der Waals surface area contributed by atoms with Crippen molar-refractivity contribution in [3.8, 4) is 0 Å². The van der Waals surface area contributed by atoms with Gasteiger partial charge in [0.2, 0.25) is 17.7 Å². The molecule has 5 atom stereocenters. The van der Waals surface area contributed by atoms with Gasteiger partial charge in [-0.15, -0.1) is 0 Å². The van der Waals surface area contributed by atoms with E-state index in [2.05, 4.69) is 10.6 Å². The van der Waals surface area contributed by atoms with Crippen molar-refractivity contribution >= 4 is 23.4 Å². The van der Waals surface area contributed by atoms with Crippen molar-refractivity contribution in [2.24, 2.45) is 11.8 Å². The zero-order valence-electron chi connectivity index (χ0n) is 16.9. The van der Waals surface area contributed by atoms with Gasteiger partial charge in [-0.2, -0.15) is 0 Å². The lowest BCUT2D eigenvalue weighted by Gasteiger charge is -2.33. The van der Waals surface area contributed by atoms with Crippen LogP contribution >= 0.6 is 0 Å². The van der Waals surface area contributed by atoms with Crippen LogP contribution in [0.25, 0.3) is 0 Å². The number of amides is 3. The summed E-state index contributed by atoms with van der Waals surface area (Å²) >= 11 is 0. The number of hydrogen-bond donors (Lipinski definition) is 3. The van der Waals surface area contributed by atoms with E-state index in [9.17, 15) is 19.5 Å². The van der Waals surface area contributed by atoms with Crippen molar-refractivity contribution in [1.29, 1.82) is 0 Å². The zero-order chi connectivity index (χ0) is 20.9. The van der Waals surface area contributed by atoms with Crippen molar-refractivity contribution in [3.05, 3.63) is 29.3 Å². The number of nitrogens with zero attached hydrogens (tertiary/aromatic N) is 1. The molecule has 0 radical (unpaired) electrons. The number of para-hydroxylation sites is 1. The van der Waals surface area contributed by atoms with Gasteiger partial charge in [-0.3, -0.25) is 14.4 Å². The van der Waals surface area contributed by atoms with Crippen molar-refractivity contribution in [1.82, 2.24) is 10.2 Å². The lowest BCUT2D eigenvalue weighted by atomic mass is 9.70. The van der Waals surface area contributed by atoms with Gasteiger partial charge in [0, 0.05) is 19.3 Å². The van der Waals surface area contributed by atoms with Crippen LogP contribution in [0, 0.1) is 25.7 Å². The molecule has 3 amide bonds. The Labute approximate surface area is 169 Å². The summed E-state index contributed by atoms with van der Waals surface area (Å²) in [5, 5.41) is 15.1. The molecular formula is C21H27N3O5. The Balaban J connectivity index is 1.72. The highest BCUT2D eigenvalue weighted by atomic mass is 16.5. The number of rotatable bonds is 5. The number of hydrogen-bond acceptors (Lipinski definition) is 5. The molecule has 1 aromatic rings. The molecule has 2 unspecified atom stereocenters. The third-order valence-corrected chi connectivity index (χ3v) is 6.67. The Kier molecular flexibility index (Phi) is 4.86. The van der Waals surface area contributed by atoms with Crippen LogP contribution in [-0.2, 0) is 19.1 Å². The smallest absolute Gasteiger partial charge is 0.250 e. The molecule has 3 saturated heterocycles. The number of carbonyl (C=O) groups is 3. The Morgan fingerprint density at radius 3 is 2.59 bits per heavy atom. The highest BCUT2D eigenvalue weighted by molar-refractivity contribution is 6.04. The topological polar surface area (TPSA) is 108 Å². The first-order chi connectivity index (χ1) is 13.9. The molecule has 4 rings (SSSR count). The minimum absolute atomic E-state index is 0.0242. The molecule has 0 saturated carbocycles. The molecule has 3 heterocycles. The fourth-order valence-corrected chi connectivity index (χ4v) is 5.47. The van der Waals surface area contributed by atoms with Crippen molar-refractivity contribution < 1.29 is 24.2 Å². The molecule has 29 heavy (non-hydrogen) atoms. The van der Waals surface area contributed by atoms with Crippen LogP contribution < -0.4 is 10.6 Å². The molecule has 3 aliphatic rings. The van der Waals surface area contributed by atoms with Gasteiger partial charge >= 0.3 is 0 Å². The van der Waals surface area contributed by atoms with E-state index < -0.39 is 23.5 Å². The first-order valence-corrected chi connectivity index (χ1v) is 10.0. The monoisotopic (exact) mass is 401 g/mol. The third-order valence-electron chi connectivity index (χ3n) is 6.67. The number of ether oxygens (including phenoxy) is 1. The molecule has 156 valence electrons. The second-order valence-corrected chi connectivity index (χ2v) is 8.18. The minimum atomic E-state index is -1.03. The normalized spacial score (nSPS) is 32.4. The van der Waals surface area contributed by atoms with Crippen molar-refractivity contribution in [2.45, 2.75) is 44.4 Å². The summed E-state index contributed by atoms with van der Waals surface area (Å²) in [5.74, 6) is -2.20. The number of fused-ring (bicyclic) bond motifs is 1. The van der Waals surface area contributed by atoms with E-state index >= 15 is 0 Å². The van der Waals surface area contributed by atoms with E-state index in [1.807, 2.05) is 32.0 Å². The van der Waals surface area contributed by atoms with Crippen LogP contribution in [0.4, 0.5) is 5.69 Å². The van der Waals surface area contributed by atoms with Crippen LogP contribution in [0.1, 0.15) is 24.0 Å². The second kappa shape index (κ2) is 7.11. The van der Waals surface area contributed by atoms with Crippen LogP contribution in [0.15, 0.2) is 18.2 Å². The van der Waals surface area contributed by atoms with E-state index in [0.717, 1.165) is 11.1 Å². The molecule has 1 spiro atoms. The number of benzene rings is 1. The van der Waals surface area contributed by atoms with Crippen LogP contribution in [0.2, 0.25) is 0 Å².